The van der Waals surface area contributed by atoms with Gasteiger partial charge in [-0.1, -0.05) is 0 Å². The van der Waals surface area contributed by atoms with Crippen LogP contribution in [0.15, 0.2) is 18.2 Å². The number of hydrogen-bond donors (Lipinski definition) is 1. The Morgan fingerprint density at radius 2 is 1.83 bits per heavy atom. The number of hydrogen-bond acceptors (Lipinski definition) is 5. The number of piperazine rings is 1. The SMILES string of the molecule is O=C(c1cc([N+](=O)[O-])cc(C(F)(F)F)c1)N1CCN(CCO)CC1. The molecule has 24 heavy (non-hydrogen) atoms. The van der Waals surface area contributed by atoms with Crippen molar-refractivity contribution in [3.05, 3.63) is 39.4 Å². The van der Waals surface area contributed by atoms with E-state index in [2.05, 4.69) is 0 Å². The lowest BCUT2D eigenvalue weighted by Crippen LogP contribution is -2.49. The second-order valence-corrected chi connectivity index (χ2v) is 5.38. The molecule has 10 heteroatoms. The average molecular weight is 347 g/mol. The second-order valence-electron chi connectivity index (χ2n) is 5.38. The van der Waals surface area contributed by atoms with Crippen LogP contribution in [0.25, 0.3) is 0 Å². The molecule has 0 bridgehead atoms. The third-order valence-electron chi connectivity index (χ3n) is 3.78. The molecule has 1 aliphatic rings. The molecule has 0 unspecified atom stereocenters. The molecule has 0 saturated carbocycles. The Morgan fingerprint density at radius 3 is 2.33 bits per heavy atom. The van der Waals surface area contributed by atoms with Crippen LogP contribution in [0.3, 0.4) is 0 Å². The number of nitrogens with zero attached hydrogens (tertiary/aromatic N) is 3. The number of nitro benzene ring substituents is 1. The summed E-state index contributed by atoms with van der Waals surface area (Å²) in [5.41, 5.74) is -2.35. The predicted molar refractivity (Wildman–Crippen MR) is 77.5 cm³/mol. The van der Waals surface area contributed by atoms with E-state index in [0.29, 0.717) is 31.8 Å². The van der Waals surface area contributed by atoms with E-state index in [9.17, 15) is 28.1 Å². The Bertz CT molecular complexity index is 628. The maximum absolute atomic E-state index is 12.9. The first kappa shape index (κ1) is 18.1. The molecule has 0 atom stereocenters. The lowest BCUT2D eigenvalue weighted by atomic mass is 10.1. The molecule has 0 aromatic heterocycles. The Balaban J connectivity index is 2.23. The lowest BCUT2D eigenvalue weighted by Gasteiger charge is -2.34. The highest BCUT2D eigenvalue weighted by Crippen LogP contribution is 2.33. The number of non-ortho nitro benzene ring substituents is 1. The third-order valence-corrected chi connectivity index (χ3v) is 3.78. The van der Waals surface area contributed by atoms with E-state index in [0.717, 1.165) is 6.07 Å². The van der Waals surface area contributed by atoms with Crippen molar-refractivity contribution in [3.63, 3.8) is 0 Å². The van der Waals surface area contributed by atoms with Crippen LogP contribution in [0.5, 0.6) is 0 Å². The highest BCUT2D eigenvalue weighted by atomic mass is 19.4. The van der Waals surface area contributed by atoms with E-state index in [1.807, 2.05) is 4.90 Å². The first-order valence-electron chi connectivity index (χ1n) is 7.21. The van der Waals surface area contributed by atoms with Crippen molar-refractivity contribution >= 4 is 11.6 Å². The van der Waals surface area contributed by atoms with E-state index >= 15 is 0 Å². The number of benzene rings is 1. The van der Waals surface area contributed by atoms with Gasteiger partial charge in [-0.2, -0.15) is 13.2 Å². The number of aliphatic hydroxyl groups excluding tert-OH is 1. The normalized spacial score (nSPS) is 16.2. The minimum absolute atomic E-state index is 0.0201. The van der Waals surface area contributed by atoms with Crippen molar-refractivity contribution in [1.82, 2.24) is 9.80 Å². The van der Waals surface area contributed by atoms with E-state index in [4.69, 9.17) is 5.11 Å². The Hall–Kier alpha value is -2.20. The van der Waals surface area contributed by atoms with Crippen LogP contribution in [0.4, 0.5) is 18.9 Å². The largest absolute Gasteiger partial charge is 0.416 e. The summed E-state index contributed by atoms with van der Waals surface area (Å²) in [6.07, 6.45) is -4.78. The number of β-amino-alcohol motifs (C(OH)–C–C–N with tert-alkyl or cyclic N) is 1. The minimum atomic E-state index is -4.78. The van der Waals surface area contributed by atoms with Gasteiger partial charge in [0.1, 0.15) is 0 Å². The Kier molecular flexibility index (Phi) is 5.40. The molecule has 1 aliphatic heterocycles. The van der Waals surface area contributed by atoms with Gasteiger partial charge in [0.05, 0.1) is 17.1 Å². The zero-order valence-electron chi connectivity index (χ0n) is 12.6. The topological polar surface area (TPSA) is 86.9 Å². The summed E-state index contributed by atoms with van der Waals surface area (Å²) in [4.78, 5) is 25.5. The number of nitro groups is 1. The van der Waals surface area contributed by atoms with Gasteiger partial charge in [0, 0.05) is 50.4 Å². The maximum atomic E-state index is 12.9. The molecule has 1 amide bonds. The van der Waals surface area contributed by atoms with Gasteiger partial charge in [0.2, 0.25) is 0 Å². The molecule has 132 valence electrons. The van der Waals surface area contributed by atoms with Crippen LogP contribution in [-0.4, -0.2) is 65.1 Å². The molecular weight excluding hydrogens is 331 g/mol. The molecule has 0 radical (unpaired) electrons. The minimum Gasteiger partial charge on any atom is -0.395 e. The summed E-state index contributed by atoms with van der Waals surface area (Å²) < 4.78 is 38.6. The number of carbonyl (C=O) groups excluding carboxylic acids is 1. The van der Waals surface area contributed by atoms with Crippen LogP contribution in [0, 0.1) is 10.1 Å². The van der Waals surface area contributed by atoms with E-state index in [1.54, 1.807) is 0 Å². The average Bonchev–Trinajstić information content (AvgIpc) is 2.54. The first-order valence-corrected chi connectivity index (χ1v) is 7.21. The molecule has 0 spiro atoms. The van der Waals surface area contributed by atoms with Gasteiger partial charge in [-0.15, -0.1) is 0 Å². The fourth-order valence-corrected chi connectivity index (χ4v) is 2.50. The van der Waals surface area contributed by atoms with Crippen molar-refractivity contribution in [2.75, 3.05) is 39.3 Å². The van der Waals surface area contributed by atoms with Crippen molar-refractivity contribution < 1.29 is 28.0 Å². The van der Waals surface area contributed by atoms with Crippen LogP contribution in [-0.2, 0) is 6.18 Å². The summed E-state index contributed by atoms with van der Waals surface area (Å²) in [6.45, 7) is 1.96. The summed E-state index contributed by atoms with van der Waals surface area (Å²) in [7, 11) is 0. The highest BCUT2D eigenvalue weighted by Gasteiger charge is 2.34. The van der Waals surface area contributed by atoms with Crippen LogP contribution in [0.1, 0.15) is 15.9 Å². The molecule has 0 aliphatic carbocycles. The standard InChI is InChI=1S/C14H16F3N3O4/c15-14(16,17)11-7-10(8-12(9-11)20(23)24)13(22)19-3-1-18(2-4-19)5-6-21/h7-9,21H,1-6H2. The monoisotopic (exact) mass is 347 g/mol. The number of rotatable bonds is 4. The molecular formula is C14H16F3N3O4. The zero-order valence-corrected chi connectivity index (χ0v) is 12.6. The number of halogens is 3. The van der Waals surface area contributed by atoms with Gasteiger partial charge in [-0.3, -0.25) is 19.8 Å². The Labute approximate surface area is 135 Å². The number of aliphatic hydroxyl groups is 1. The molecule has 7 nitrogen and oxygen atoms in total. The van der Waals surface area contributed by atoms with Gasteiger partial charge in [-0.25, -0.2) is 0 Å². The number of amides is 1. The summed E-state index contributed by atoms with van der Waals surface area (Å²) in [5.74, 6) is -0.673. The van der Waals surface area contributed by atoms with E-state index in [1.165, 1.54) is 4.90 Å². The molecule has 1 aromatic rings. The first-order chi connectivity index (χ1) is 11.2. The van der Waals surface area contributed by atoms with Crippen LogP contribution >= 0.6 is 0 Å². The molecule has 1 fully saturated rings. The quantitative estimate of drug-likeness (QED) is 0.656. The summed E-state index contributed by atoms with van der Waals surface area (Å²) in [5, 5.41) is 19.7. The molecule has 1 saturated heterocycles. The predicted octanol–water partition coefficient (Wildman–Crippen LogP) is 1.36. The zero-order chi connectivity index (χ0) is 17.9. The molecule has 1 aromatic carbocycles. The third kappa shape index (κ3) is 4.20. The van der Waals surface area contributed by atoms with Crippen molar-refractivity contribution in [1.29, 1.82) is 0 Å². The van der Waals surface area contributed by atoms with Gasteiger partial charge in [0.25, 0.3) is 11.6 Å². The lowest BCUT2D eigenvalue weighted by molar-refractivity contribution is -0.385. The fourth-order valence-electron chi connectivity index (χ4n) is 2.50. The van der Waals surface area contributed by atoms with Crippen molar-refractivity contribution in [2.45, 2.75) is 6.18 Å². The van der Waals surface area contributed by atoms with E-state index in [-0.39, 0.29) is 25.3 Å². The van der Waals surface area contributed by atoms with E-state index < -0.39 is 28.3 Å². The smallest absolute Gasteiger partial charge is 0.395 e. The molecule has 1 N–H and O–H groups in total. The van der Waals surface area contributed by atoms with Crippen molar-refractivity contribution in [2.24, 2.45) is 0 Å². The fraction of sp³-hybridized carbons (Fsp3) is 0.500. The summed E-state index contributed by atoms with van der Waals surface area (Å²) >= 11 is 0. The molecule has 2 rings (SSSR count). The number of alkyl halides is 3. The summed E-state index contributed by atoms with van der Waals surface area (Å²) in [6, 6.07) is 1.91. The maximum Gasteiger partial charge on any atom is 0.416 e. The van der Waals surface area contributed by atoms with Gasteiger partial charge in [-0.05, 0) is 6.07 Å². The van der Waals surface area contributed by atoms with Gasteiger partial charge < -0.3 is 10.0 Å². The number of carbonyl (C=O) groups is 1. The van der Waals surface area contributed by atoms with Crippen LogP contribution in [0.2, 0.25) is 0 Å². The van der Waals surface area contributed by atoms with Crippen LogP contribution < -0.4 is 0 Å². The van der Waals surface area contributed by atoms with Gasteiger partial charge >= 0.3 is 6.18 Å². The second kappa shape index (κ2) is 7.14. The highest BCUT2D eigenvalue weighted by molar-refractivity contribution is 5.95. The Morgan fingerprint density at radius 1 is 1.21 bits per heavy atom. The van der Waals surface area contributed by atoms with Gasteiger partial charge in [0.15, 0.2) is 0 Å². The van der Waals surface area contributed by atoms with Crippen molar-refractivity contribution in [3.8, 4) is 0 Å². The molecule has 1 heterocycles.